The molecule has 0 saturated carbocycles. The van der Waals surface area contributed by atoms with E-state index in [4.69, 9.17) is 5.11 Å². The van der Waals surface area contributed by atoms with Crippen molar-refractivity contribution in [2.24, 2.45) is 0 Å². The van der Waals surface area contributed by atoms with Crippen LogP contribution in [0.1, 0.15) is 23.6 Å². The van der Waals surface area contributed by atoms with Gasteiger partial charge in [0.15, 0.2) is 0 Å². The Morgan fingerprint density at radius 3 is 2.43 bits per heavy atom. The van der Waals surface area contributed by atoms with Gasteiger partial charge in [0, 0.05) is 24.8 Å². The summed E-state index contributed by atoms with van der Waals surface area (Å²) >= 11 is 0. The van der Waals surface area contributed by atoms with E-state index in [2.05, 4.69) is 61.0 Å². The normalized spacial score (nSPS) is 9.86. The van der Waals surface area contributed by atoms with E-state index in [9.17, 15) is 0 Å². The molecule has 2 aromatic rings. The molecule has 108 valence electrons. The molecule has 0 aliphatic carbocycles. The van der Waals surface area contributed by atoms with Crippen LogP contribution in [-0.4, -0.2) is 18.8 Å². The van der Waals surface area contributed by atoms with Crippen LogP contribution in [0, 0.1) is 11.8 Å². The van der Waals surface area contributed by atoms with Crippen molar-refractivity contribution >= 4 is 5.69 Å². The predicted octanol–water partition coefficient (Wildman–Crippen LogP) is 3.23. The molecule has 0 fully saturated rings. The van der Waals surface area contributed by atoms with Gasteiger partial charge < -0.3 is 10.0 Å². The summed E-state index contributed by atoms with van der Waals surface area (Å²) in [6.07, 6.45) is 1.06. The Bertz CT molecular complexity index is 635. The lowest BCUT2D eigenvalue weighted by molar-refractivity contribution is 0.350. The van der Waals surface area contributed by atoms with Gasteiger partial charge in [0.25, 0.3) is 0 Å². The second-order valence-corrected chi connectivity index (χ2v) is 4.99. The van der Waals surface area contributed by atoms with Gasteiger partial charge in [-0.25, -0.2) is 0 Å². The summed E-state index contributed by atoms with van der Waals surface area (Å²) in [7, 11) is 2.08. The second kappa shape index (κ2) is 7.52. The van der Waals surface area contributed by atoms with E-state index < -0.39 is 0 Å². The molecule has 2 rings (SSSR count). The lowest BCUT2D eigenvalue weighted by Gasteiger charge is -2.20. The molecule has 21 heavy (non-hydrogen) atoms. The van der Waals surface area contributed by atoms with Gasteiger partial charge in [0.05, 0.1) is 0 Å². The highest BCUT2D eigenvalue weighted by atomic mass is 16.2. The number of rotatable bonds is 4. The lowest BCUT2D eigenvalue weighted by Crippen LogP contribution is -2.17. The first kappa shape index (κ1) is 15.2. The van der Waals surface area contributed by atoms with Crippen molar-refractivity contribution in [1.82, 2.24) is 0 Å². The number of aliphatic hydroxyl groups is 1. The van der Waals surface area contributed by atoms with Crippen molar-refractivity contribution in [2.75, 3.05) is 18.6 Å². The fourth-order valence-corrected chi connectivity index (χ4v) is 2.25. The first-order valence-electron chi connectivity index (χ1n) is 7.22. The van der Waals surface area contributed by atoms with Gasteiger partial charge in [0.2, 0.25) is 0 Å². The molecular formula is C19H21NO. The maximum Gasteiger partial charge on any atom is 0.104 e. The zero-order valence-electron chi connectivity index (χ0n) is 12.6. The topological polar surface area (TPSA) is 23.5 Å². The molecule has 0 amide bonds. The highest BCUT2D eigenvalue weighted by molar-refractivity contribution is 5.49. The van der Waals surface area contributed by atoms with Crippen LogP contribution < -0.4 is 4.90 Å². The van der Waals surface area contributed by atoms with Crippen LogP contribution >= 0.6 is 0 Å². The molecule has 0 unspecified atom stereocenters. The molecule has 0 aliphatic rings. The Morgan fingerprint density at radius 1 is 1.05 bits per heavy atom. The molecule has 2 heteroatoms. The van der Waals surface area contributed by atoms with Crippen molar-refractivity contribution < 1.29 is 5.11 Å². The quantitative estimate of drug-likeness (QED) is 0.869. The zero-order chi connectivity index (χ0) is 15.1. The van der Waals surface area contributed by atoms with Gasteiger partial charge >= 0.3 is 0 Å². The van der Waals surface area contributed by atoms with Gasteiger partial charge in [-0.3, -0.25) is 0 Å². The van der Waals surface area contributed by atoms with E-state index in [1.807, 2.05) is 18.2 Å². The number of aliphatic hydroxyl groups excluding tert-OH is 1. The molecule has 1 N–H and O–H groups in total. The van der Waals surface area contributed by atoms with Crippen molar-refractivity contribution in [3.63, 3.8) is 0 Å². The van der Waals surface area contributed by atoms with Crippen LogP contribution in [0.25, 0.3) is 0 Å². The third kappa shape index (κ3) is 4.11. The molecular weight excluding hydrogens is 258 g/mol. The van der Waals surface area contributed by atoms with Crippen LogP contribution in [-0.2, 0) is 13.0 Å². The van der Waals surface area contributed by atoms with Gasteiger partial charge in [-0.2, -0.15) is 0 Å². The lowest BCUT2D eigenvalue weighted by atomic mass is 10.1. The number of anilines is 1. The maximum atomic E-state index is 8.84. The van der Waals surface area contributed by atoms with Crippen molar-refractivity contribution in [3.8, 4) is 11.8 Å². The van der Waals surface area contributed by atoms with Crippen molar-refractivity contribution in [2.45, 2.75) is 19.9 Å². The summed E-state index contributed by atoms with van der Waals surface area (Å²) < 4.78 is 0. The zero-order valence-corrected chi connectivity index (χ0v) is 12.6. The van der Waals surface area contributed by atoms with Gasteiger partial charge in [-0.1, -0.05) is 49.1 Å². The summed E-state index contributed by atoms with van der Waals surface area (Å²) in [5, 5.41) is 8.84. The third-order valence-corrected chi connectivity index (χ3v) is 3.51. The monoisotopic (exact) mass is 279 g/mol. The molecule has 0 atom stereocenters. The molecule has 0 aromatic heterocycles. The van der Waals surface area contributed by atoms with Gasteiger partial charge in [-0.15, -0.1) is 0 Å². The molecule has 0 saturated heterocycles. The number of hydrogen-bond donors (Lipinski definition) is 1. The molecule has 0 aliphatic heterocycles. The summed E-state index contributed by atoms with van der Waals surface area (Å²) in [6, 6.07) is 16.7. The maximum absolute atomic E-state index is 8.84. The van der Waals surface area contributed by atoms with Crippen LogP contribution in [0.15, 0.2) is 48.5 Å². The van der Waals surface area contributed by atoms with Crippen LogP contribution in [0.3, 0.4) is 0 Å². The minimum atomic E-state index is -0.108. The van der Waals surface area contributed by atoms with Gasteiger partial charge in [0.1, 0.15) is 6.61 Å². The molecule has 0 bridgehead atoms. The molecule has 0 spiro atoms. The number of aryl methyl sites for hydroxylation is 1. The van der Waals surface area contributed by atoms with E-state index in [0.717, 1.165) is 18.5 Å². The number of benzene rings is 2. The minimum Gasteiger partial charge on any atom is -0.384 e. The smallest absolute Gasteiger partial charge is 0.104 e. The summed E-state index contributed by atoms with van der Waals surface area (Å²) in [6.45, 7) is 2.85. The second-order valence-electron chi connectivity index (χ2n) is 4.99. The Balaban J connectivity index is 2.16. The van der Waals surface area contributed by atoms with Crippen molar-refractivity contribution in [1.29, 1.82) is 0 Å². The highest BCUT2D eigenvalue weighted by Crippen LogP contribution is 2.18. The van der Waals surface area contributed by atoms with E-state index >= 15 is 0 Å². The first-order valence-corrected chi connectivity index (χ1v) is 7.22. The largest absolute Gasteiger partial charge is 0.384 e. The Morgan fingerprint density at radius 2 is 1.76 bits per heavy atom. The van der Waals surface area contributed by atoms with Crippen LogP contribution in [0.2, 0.25) is 0 Å². The Hall–Kier alpha value is -2.24. The summed E-state index contributed by atoms with van der Waals surface area (Å²) in [5.41, 5.74) is 4.68. The van der Waals surface area contributed by atoms with Crippen LogP contribution in [0.5, 0.6) is 0 Å². The molecule has 0 heterocycles. The first-order chi connectivity index (χ1) is 10.2. The fraction of sp³-hybridized carbons (Fsp3) is 0.263. The average molecular weight is 279 g/mol. The van der Waals surface area contributed by atoms with E-state index in [-0.39, 0.29) is 6.61 Å². The van der Waals surface area contributed by atoms with E-state index in [1.165, 1.54) is 16.8 Å². The average Bonchev–Trinajstić information content (AvgIpc) is 2.54. The highest BCUT2D eigenvalue weighted by Gasteiger charge is 2.05. The third-order valence-electron chi connectivity index (χ3n) is 3.51. The Labute approximate surface area is 127 Å². The summed E-state index contributed by atoms with van der Waals surface area (Å²) in [5.74, 6) is 5.73. The van der Waals surface area contributed by atoms with E-state index in [1.54, 1.807) is 0 Å². The fourth-order valence-electron chi connectivity index (χ4n) is 2.25. The predicted molar refractivity (Wildman–Crippen MR) is 88.3 cm³/mol. The standard InChI is InChI=1S/C19H21NO/c1-3-16-10-12-19(13-11-16)20(2)15-18-8-5-4-7-17(18)9-6-14-21/h4-5,7-8,10-13,21H,3,14-15H2,1-2H3. The SMILES string of the molecule is CCc1ccc(N(C)Cc2ccccc2C#CCO)cc1. The molecule has 2 aromatic carbocycles. The number of hydrogen-bond acceptors (Lipinski definition) is 2. The molecule has 0 radical (unpaired) electrons. The molecule has 2 nitrogen and oxygen atoms in total. The number of nitrogens with zero attached hydrogens (tertiary/aromatic N) is 1. The van der Waals surface area contributed by atoms with Crippen LogP contribution in [0.4, 0.5) is 5.69 Å². The Kier molecular flexibility index (Phi) is 5.43. The van der Waals surface area contributed by atoms with Gasteiger partial charge in [-0.05, 0) is 35.7 Å². The summed E-state index contributed by atoms with van der Waals surface area (Å²) in [4.78, 5) is 2.21. The van der Waals surface area contributed by atoms with Crippen molar-refractivity contribution in [3.05, 3.63) is 65.2 Å². The van der Waals surface area contributed by atoms with E-state index in [0.29, 0.717) is 0 Å². The minimum absolute atomic E-state index is 0.108.